The standard InChI is InChI=1S/C23H26FN7O2/c1-16-26-27-28-31(16)21(14-17-4-8-20(24)9-5-17)23(33)30-12-10-29(11-13-30)15-18-2-6-19(7-3-18)22(25)32/h2-9,21H,10-15H2,1H3,(H2,25,32). The molecule has 172 valence electrons. The molecule has 2 heterocycles. The summed E-state index contributed by atoms with van der Waals surface area (Å²) < 4.78 is 14.9. The SMILES string of the molecule is Cc1nnnn1C(Cc1ccc(F)cc1)C(=O)N1CCN(Cc2ccc(C(N)=O)cc2)CC1. The van der Waals surface area contributed by atoms with Crippen molar-refractivity contribution in [2.75, 3.05) is 26.2 Å². The maximum absolute atomic E-state index is 13.5. The third-order valence-electron chi connectivity index (χ3n) is 5.91. The Morgan fingerprint density at radius 3 is 2.21 bits per heavy atom. The Morgan fingerprint density at radius 2 is 1.64 bits per heavy atom. The maximum Gasteiger partial charge on any atom is 0.248 e. The summed E-state index contributed by atoms with van der Waals surface area (Å²) in [5.41, 5.74) is 7.70. The Bertz CT molecular complexity index is 1110. The van der Waals surface area contributed by atoms with Crippen LogP contribution in [0, 0.1) is 12.7 Å². The molecule has 1 fully saturated rings. The lowest BCUT2D eigenvalue weighted by molar-refractivity contribution is -0.137. The van der Waals surface area contributed by atoms with Crippen LogP contribution in [0.2, 0.25) is 0 Å². The van der Waals surface area contributed by atoms with Crippen molar-refractivity contribution in [1.29, 1.82) is 0 Å². The van der Waals surface area contributed by atoms with Crippen LogP contribution < -0.4 is 5.73 Å². The molecular formula is C23H26FN7O2. The summed E-state index contributed by atoms with van der Waals surface area (Å²) in [5.74, 6) is -0.268. The number of primary amides is 1. The van der Waals surface area contributed by atoms with Crippen LogP contribution in [0.3, 0.4) is 0 Å². The molecule has 0 radical (unpaired) electrons. The number of nitrogens with zero attached hydrogens (tertiary/aromatic N) is 6. The van der Waals surface area contributed by atoms with Gasteiger partial charge in [0.25, 0.3) is 0 Å². The molecule has 0 saturated carbocycles. The van der Waals surface area contributed by atoms with E-state index in [1.165, 1.54) is 12.1 Å². The van der Waals surface area contributed by atoms with E-state index in [2.05, 4.69) is 20.4 Å². The van der Waals surface area contributed by atoms with Crippen molar-refractivity contribution in [2.45, 2.75) is 25.9 Å². The lowest BCUT2D eigenvalue weighted by Crippen LogP contribution is -2.50. The minimum Gasteiger partial charge on any atom is -0.366 e. The van der Waals surface area contributed by atoms with E-state index in [4.69, 9.17) is 5.73 Å². The van der Waals surface area contributed by atoms with Gasteiger partial charge in [0.1, 0.15) is 17.7 Å². The number of halogens is 1. The monoisotopic (exact) mass is 451 g/mol. The number of hydrogen-bond acceptors (Lipinski definition) is 6. The highest BCUT2D eigenvalue weighted by Gasteiger charge is 2.31. The van der Waals surface area contributed by atoms with Crippen molar-refractivity contribution in [1.82, 2.24) is 30.0 Å². The fourth-order valence-electron chi connectivity index (χ4n) is 4.02. The molecule has 2 N–H and O–H groups in total. The molecule has 2 aromatic carbocycles. The number of amides is 2. The molecule has 9 nitrogen and oxygen atoms in total. The lowest BCUT2D eigenvalue weighted by Gasteiger charge is -2.36. The number of piperazine rings is 1. The van der Waals surface area contributed by atoms with Gasteiger partial charge in [0.05, 0.1) is 0 Å². The van der Waals surface area contributed by atoms with E-state index in [-0.39, 0.29) is 11.7 Å². The van der Waals surface area contributed by atoms with Crippen molar-refractivity contribution >= 4 is 11.8 Å². The van der Waals surface area contributed by atoms with E-state index in [9.17, 15) is 14.0 Å². The topological polar surface area (TPSA) is 110 Å². The number of aromatic nitrogens is 4. The fraction of sp³-hybridized carbons (Fsp3) is 0.348. The minimum atomic E-state index is -0.599. The van der Waals surface area contributed by atoms with E-state index >= 15 is 0 Å². The third kappa shape index (κ3) is 5.40. The van der Waals surface area contributed by atoms with Crippen LogP contribution in [0.25, 0.3) is 0 Å². The summed E-state index contributed by atoms with van der Waals surface area (Å²) in [7, 11) is 0. The Morgan fingerprint density at radius 1 is 1.00 bits per heavy atom. The van der Waals surface area contributed by atoms with Gasteiger partial charge in [-0.2, -0.15) is 0 Å². The van der Waals surface area contributed by atoms with Gasteiger partial charge in [-0.1, -0.05) is 24.3 Å². The first kappa shape index (κ1) is 22.5. The Labute approximate surface area is 191 Å². The second-order valence-electron chi connectivity index (χ2n) is 8.18. The van der Waals surface area contributed by atoms with Crippen LogP contribution in [0.4, 0.5) is 4.39 Å². The number of aryl methyl sites for hydroxylation is 1. The first-order valence-corrected chi connectivity index (χ1v) is 10.8. The van der Waals surface area contributed by atoms with E-state index in [0.717, 1.165) is 30.8 Å². The van der Waals surface area contributed by atoms with Crippen LogP contribution in [0.5, 0.6) is 0 Å². The summed E-state index contributed by atoms with van der Waals surface area (Å²) in [4.78, 5) is 28.8. The normalized spacial score (nSPS) is 15.4. The Hall–Kier alpha value is -3.66. The molecule has 4 rings (SSSR count). The van der Waals surface area contributed by atoms with Gasteiger partial charge in [-0.15, -0.1) is 5.10 Å². The van der Waals surface area contributed by atoms with Gasteiger partial charge in [-0.3, -0.25) is 14.5 Å². The minimum absolute atomic E-state index is 0.0554. The molecule has 1 saturated heterocycles. The molecule has 1 aliphatic heterocycles. The Kier molecular flexibility index (Phi) is 6.74. The molecule has 0 aliphatic carbocycles. The average Bonchev–Trinajstić information content (AvgIpc) is 3.24. The van der Waals surface area contributed by atoms with Crippen molar-refractivity contribution in [3.05, 3.63) is 76.9 Å². The van der Waals surface area contributed by atoms with Crippen molar-refractivity contribution < 1.29 is 14.0 Å². The van der Waals surface area contributed by atoms with E-state index in [1.807, 2.05) is 17.0 Å². The van der Waals surface area contributed by atoms with Crippen LogP contribution in [-0.2, 0) is 17.8 Å². The summed E-state index contributed by atoms with van der Waals surface area (Å²) in [6.45, 7) is 5.10. The van der Waals surface area contributed by atoms with E-state index in [1.54, 1.807) is 35.9 Å². The van der Waals surface area contributed by atoms with Gasteiger partial charge >= 0.3 is 0 Å². The van der Waals surface area contributed by atoms with Crippen LogP contribution in [0.15, 0.2) is 48.5 Å². The molecule has 2 amide bonds. The number of nitrogens with two attached hydrogens (primary N) is 1. The number of benzene rings is 2. The summed E-state index contributed by atoms with van der Waals surface area (Å²) in [6.07, 6.45) is 0.372. The van der Waals surface area contributed by atoms with Crippen molar-refractivity contribution in [2.24, 2.45) is 5.73 Å². The highest BCUT2D eigenvalue weighted by molar-refractivity contribution is 5.92. The number of rotatable bonds is 7. The van der Waals surface area contributed by atoms with Gasteiger partial charge < -0.3 is 10.6 Å². The van der Waals surface area contributed by atoms with Gasteiger partial charge in [-0.25, -0.2) is 9.07 Å². The average molecular weight is 452 g/mol. The van der Waals surface area contributed by atoms with Gasteiger partial charge in [0.15, 0.2) is 0 Å². The summed E-state index contributed by atoms with van der Waals surface area (Å²) in [6, 6.07) is 12.8. The predicted molar refractivity (Wildman–Crippen MR) is 119 cm³/mol. The fourth-order valence-corrected chi connectivity index (χ4v) is 4.02. The zero-order chi connectivity index (χ0) is 23.4. The molecule has 10 heteroatoms. The molecule has 1 atom stereocenters. The lowest BCUT2D eigenvalue weighted by atomic mass is 10.0. The van der Waals surface area contributed by atoms with E-state index < -0.39 is 11.9 Å². The first-order valence-electron chi connectivity index (χ1n) is 10.8. The number of carbonyl (C=O) groups excluding carboxylic acids is 2. The summed E-state index contributed by atoms with van der Waals surface area (Å²) in [5, 5.41) is 11.7. The molecule has 33 heavy (non-hydrogen) atoms. The van der Waals surface area contributed by atoms with Gasteiger partial charge in [-0.05, 0) is 52.7 Å². The van der Waals surface area contributed by atoms with Crippen molar-refractivity contribution in [3.8, 4) is 0 Å². The predicted octanol–water partition coefficient (Wildman–Crippen LogP) is 1.35. The van der Waals surface area contributed by atoms with Crippen LogP contribution in [-0.4, -0.2) is 68.0 Å². The van der Waals surface area contributed by atoms with Crippen molar-refractivity contribution in [3.63, 3.8) is 0 Å². The van der Waals surface area contributed by atoms with Gasteiger partial charge in [0.2, 0.25) is 11.8 Å². The zero-order valence-corrected chi connectivity index (χ0v) is 18.4. The maximum atomic E-state index is 13.5. The highest BCUT2D eigenvalue weighted by Crippen LogP contribution is 2.20. The first-order chi connectivity index (χ1) is 15.9. The van der Waals surface area contributed by atoms with Crippen LogP contribution >= 0.6 is 0 Å². The number of hydrogen-bond donors (Lipinski definition) is 1. The van der Waals surface area contributed by atoms with Crippen LogP contribution in [0.1, 0.15) is 33.4 Å². The molecule has 1 unspecified atom stereocenters. The largest absolute Gasteiger partial charge is 0.366 e. The smallest absolute Gasteiger partial charge is 0.248 e. The molecule has 0 spiro atoms. The zero-order valence-electron chi connectivity index (χ0n) is 18.4. The molecule has 1 aliphatic rings. The molecule has 0 bridgehead atoms. The quantitative estimate of drug-likeness (QED) is 0.581. The molecular weight excluding hydrogens is 425 g/mol. The third-order valence-corrected chi connectivity index (χ3v) is 5.91. The molecule has 1 aromatic heterocycles. The number of tetrazole rings is 1. The summed E-state index contributed by atoms with van der Waals surface area (Å²) >= 11 is 0. The highest BCUT2D eigenvalue weighted by atomic mass is 19.1. The van der Waals surface area contributed by atoms with Gasteiger partial charge in [0, 0.05) is 44.7 Å². The Balaban J connectivity index is 1.40. The van der Waals surface area contributed by atoms with E-state index in [0.29, 0.717) is 30.9 Å². The number of carbonyl (C=O) groups is 2. The molecule has 3 aromatic rings. The second-order valence-corrected chi connectivity index (χ2v) is 8.18. The second kappa shape index (κ2) is 9.86.